The molecule has 0 spiro atoms. The summed E-state index contributed by atoms with van der Waals surface area (Å²) in [4.78, 5) is 0. The molecule has 0 atom stereocenters. The van der Waals surface area contributed by atoms with E-state index in [2.05, 4.69) is 5.32 Å². The smallest absolute Gasteiger partial charge is 0.161 e. The number of ether oxygens (including phenoxy) is 2. The summed E-state index contributed by atoms with van der Waals surface area (Å²) in [5.74, 6) is 1.31. The van der Waals surface area contributed by atoms with Crippen molar-refractivity contribution in [2.24, 2.45) is 0 Å². The molecule has 4 heteroatoms. The Kier molecular flexibility index (Phi) is 7.44. The van der Waals surface area contributed by atoms with Gasteiger partial charge in [0.2, 0.25) is 0 Å². The summed E-state index contributed by atoms with van der Waals surface area (Å²) >= 11 is 0. The molecule has 0 aliphatic carbocycles. The first-order valence-corrected chi connectivity index (χ1v) is 9.62. The SMILES string of the molecule is CCOc1cc(CNCCc2ccc(F)cc2)ccc1OCc1ccccc1. The highest BCUT2D eigenvalue weighted by atomic mass is 19.1. The fraction of sp³-hybridized carbons (Fsp3) is 0.250. The summed E-state index contributed by atoms with van der Waals surface area (Å²) in [5.41, 5.74) is 3.37. The summed E-state index contributed by atoms with van der Waals surface area (Å²) in [7, 11) is 0. The number of hydrogen-bond acceptors (Lipinski definition) is 3. The van der Waals surface area contributed by atoms with Crippen LogP contribution in [0, 0.1) is 5.82 Å². The second-order valence-corrected chi connectivity index (χ2v) is 6.54. The molecule has 28 heavy (non-hydrogen) atoms. The predicted octanol–water partition coefficient (Wildman–Crippen LogP) is 5.14. The minimum absolute atomic E-state index is 0.199. The summed E-state index contributed by atoms with van der Waals surface area (Å²) in [5, 5.41) is 3.42. The van der Waals surface area contributed by atoms with Crippen molar-refractivity contribution in [1.82, 2.24) is 5.32 Å². The lowest BCUT2D eigenvalue weighted by atomic mass is 10.1. The van der Waals surface area contributed by atoms with Crippen LogP contribution in [0.3, 0.4) is 0 Å². The normalized spacial score (nSPS) is 10.6. The summed E-state index contributed by atoms with van der Waals surface area (Å²) in [6, 6.07) is 22.8. The van der Waals surface area contributed by atoms with Gasteiger partial charge in [0.05, 0.1) is 6.61 Å². The maximum atomic E-state index is 12.9. The van der Waals surface area contributed by atoms with Gasteiger partial charge in [-0.1, -0.05) is 48.5 Å². The second kappa shape index (κ2) is 10.5. The minimum Gasteiger partial charge on any atom is -0.490 e. The van der Waals surface area contributed by atoms with Crippen LogP contribution in [0.5, 0.6) is 11.5 Å². The first-order chi connectivity index (χ1) is 13.7. The Labute approximate surface area is 166 Å². The molecule has 3 rings (SSSR count). The van der Waals surface area contributed by atoms with Gasteiger partial charge in [-0.05, 0) is 60.8 Å². The van der Waals surface area contributed by atoms with E-state index in [1.807, 2.05) is 67.6 Å². The van der Waals surface area contributed by atoms with Gasteiger partial charge in [0.15, 0.2) is 11.5 Å². The van der Waals surface area contributed by atoms with Gasteiger partial charge in [0, 0.05) is 6.54 Å². The first-order valence-electron chi connectivity index (χ1n) is 9.62. The van der Waals surface area contributed by atoms with Crippen molar-refractivity contribution in [2.75, 3.05) is 13.2 Å². The molecular formula is C24H26FNO2. The van der Waals surface area contributed by atoms with Crippen LogP contribution in [0.15, 0.2) is 72.8 Å². The first kappa shape index (κ1) is 19.9. The molecule has 3 nitrogen and oxygen atoms in total. The van der Waals surface area contributed by atoms with Crippen molar-refractivity contribution in [1.29, 1.82) is 0 Å². The van der Waals surface area contributed by atoms with Crippen LogP contribution in [-0.2, 0) is 19.6 Å². The fourth-order valence-corrected chi connectivity index (χ4v) is 2.90. The minimum atomic E-state index is -0.199. The standard InChI is InChI=1S/C24H26FNO2/c1-2-27-24-16-21(17-26-15-14-19-8-11-22(25)12-9-19)10-13-23(24)28-18-20-6-4-3-5-7-20/h3-13,16,26H,2,14-15,17-18H2,1H3. The summed E-state index contributed by atoms with van der Waals surface area (Å²) < 4.78 is 24.7. The average molecular weight is 379 g/mol. The third kappa shape index (κ3) is 6.10. The van der Waals surface area contributed by atoms with Crippen LogP contribution in [0.1, 0.15) is 23.6 Å². The molecule has 0 bridgehead atoms. The molecule has 0 saturated heterocycles. The van der Waals surface area contributed by atoms with Crippen LogP contribution in [-0.4, -0.2) is 13.2 Å². The lowest BCUT2D eigenvalue weighted by molar-refractivity contribution is 0.269. The van der Waals surface area contributed by atoms with E-state index in [4.69, 9.17) is 9.47 Å². The maximum Gasteiger partial charge on any atom is 0.161 e. The van der Waals surface area contributed by atoms with E-state index in [1.165, 1.54) is 12.1 Å². The third-order valence-electron chi connectivity index (χ3n) is 4.38. The quantitative estimate of drug-likeness (QED) is 0.495. The molecule has 0 aliphatic rings. The topological polar surface area (TPSA) is 30.5 Å². The zero-order valence-electron chi connectivity index (χ0n) is 16.2. The molecule has 0 fully saturated rings. The number of rotatable bonds is 10. The highest BCUT2D eigenvalue weighted by Crippen LogP contribution is 2.29. The van der Waals surface area contributed by atoms with Gasteiger partial charge in [0.1, 0.15) is 12.4 Å². The Morgan fingerprint density at radius 3 is 2.29 bits per heavy atom. The molecule has 0 saturated carbocycles. The van der Waals surface area contributed by atoms with Crippen LogP contribution in [0.4, 0.5) is 4.39 Å². The van der Waals surface area contributed by atoms with Gasteiger partial charge in [0.25, 0.3) is 0 Å². The van der Waals surface area contributed by atoms with Crippen molar-refractivity contribution in [2.45, 2.75) is 26.5 Å². The number of halogens is 1. The van der Waals surface area contributed by atoms with E-state index in [-0.39, 0.29) is 5.82 Å². The molecule has 0 unspecified atom stereocenters. The molecule has 0 aromatic heterocycles. The van der Waals surface area contributed by atoms with Gasteiger partial charge in [-0.15, -0.1) is 0 Å². The Hall–Kier alpha value is -2.85. The summed E-state index contributed by atoms with van der Waals surface area (Å²) in [6.07, 6.45) is 0.858. The lowest BCUT2D eigenvalue weighted by Gasteiger charge is -2.14. The van der Waals surface area contributed by atoms with Crippen LogP contribution >= 0.6 is 0 Å². The molecule has 0 aliphatic heterocycles. The van der Waals surface area contributed by atoms with Crippen LogP contribution < -0.4 is 14.8 Å². The molecule has 146 valence electrons. The lowest BCUT2D eigenvalue weighted by Crippen LogP contribution is -2.16. The number of benzene rings is 3. The van der Waals surface area contributed by atoms with E-state index in [0.717, 1.165) is 47.7 Å². The molecule has 0 radical (unpaired) electrons. The van der Waals surface area contributed by atoms with Crippen molar-refractivity contribution < 1.29 is 13.9 Å². The third-order valence-corrected chi connectivity index (χ3v) is 4.38. The van der Waals surface area contributed by atoms with Gasteiger partial charge in [-0.3, -0.25) is 0 Å². The van der Waals surface area contributed by atoms with E-state index in [9.17, 15) is 4.39 Å². The second-order valence-electron chi connectivity index (χ2n) is 6.54. The Bertz CT molecular complexity index is 850. The number of hydrogen-bond donors (Lipinski definition) is 1. The molecule has 0 heterocycles. The maximum absolute atomic E-state index is 12.9. The van der Waals surface area contributed by atoms with Gasteiger partial charge < -0.3 is 14.8 Å². The zero-order chi connectivity index (χ0) is 19.6. The van der Waals surface area contributed by atoms with E-state index >= 15 is 0 Å². The average Bonchev–Trinajstić information content (AvgIpc) is 2.73. The van der Waals surface area contributed by atoms with E-state index in [1.54, 1.807) is 0 Å². The fourth-order valence-electron chi connectivity index (χ4n) is 2.90. The van der Waals surface area contributed by atoms with Crippen molar-refractivity contribution in [3.63, 3.8) is 0 Å². The molecule has 3 aromatic rings. The van der Waals surface area contributed by atoms with Crippen molar-refractivity contribution in [3.8, 4) is 11.5 Å². The summed E-state index contributed by atoms with van der Waals surface area (Å²) in [6.45, 7) is 4.62. The zero-order valence-corrected chi connectivity index (χ0v) is 16.2. The predicted molar refractivity (Wildman–Crippen MR) is 110 cm³/mol. The molecule has 0 amide bonds. The van der Waals surface area contributed by atoms with Crippen LogP contribution in [0.2, 0.25) is 0 Å². The molecular weight excluding hydrogens is 353 g/mol. The monoisotopic (exact) mass is 379 g/mol. The number of nitrogens with one attached hydrogen (secondary N) is 1. The Morgan fingerprint density at radius 1 is 0.786 bits per heavy atom. The Balaban J connectivity index is 1.53. The van der Waals surface area contributed by atoms with Gasteiger partial charge >= 0.3 is 0 Å². The van der Waals surface area contributed by atoms with Crippen LogP contribution in [0.25, 0.3) is 0 Å². The highest BCUT2D eigenvalue weighted by Gasteiger charge is 2.07. The van der Waals surface area contributed by atoms with Crippen molar-refractivity contribution >= 4 is 0 Å². The van der Waals surface area contributed by atoms with E-state index < -0.39 is 0 Å². The van der Waals surface area contributed by atoms with E-state index in [0.29, 0.717) is 13.2 Å². The van der Waals surface area contributed by atoms with Crippen molar-refractivity contribution in [3.05, 3.63) is 95.3 Å². The largest absolute Gasteiger partial charge is 0.490 e. The molecule has 3 aromatic carbocycles. The highest BCUT2D eigenvalue weighted by molar-refractivity contribution is 5.43. The Morgan fingerprint density at radius 2 is 1.54 bits per heavy atom. The molecule has 1 N–H and O–H groups in total. The van der Waals surface area contributed by atoms with Gasteiger partial charge in [-0.2, -0.15) is 0 Å². The van der Waals surface area contributed by atoms with Gasteiger partial charge in [-0.25, -0.2) is 4.39 Å².